The van der Waals surface area contributed by atoms with Crippen LogP contribution >= 0.6 is 22.6 Å². The number of carbonyl (C=O) groups is 1. The zero-order valence-electron chi connectivity index (χ0n) is 10.5. The molecular weight excluding hydrogens is 357 g/mol. The fourth-order valence-electron chi connectivity index (χ4n) is 1.51. The molecule has 1 aromatic heterocycles. The van der Waals surface area contributed by atoms with Crippen LogP contribution in [0.25, 0.3) is 0 Å². The van der Waals surface area contributed by atoms with Crippen molar-refractivity contribution in [3.8, 4) is 0 Å². The summed E-state index contributed by atoms with van der Waals surface area (Å²) >= 11 is 2.27. The van der Waals surface area contributed by atoms with Crippen LogP contribution in [0.2, 0.25) is 0 Å². The summed E-state index contributed by atoms with van der Waals surface area (Å²) in [5.41, 5.74) is 2.23. The minimum absolute atomic E-state index is 0.177. The molecule has 2 rings (SSSR count). The normalized spacial score (nSPS) is 10.1. The molecule has 0 bridgehead atoms. The smallest absolute Gasteiger partial charge is 0.358 e. The lowest BCUT2D eigenvalue weighted by Gasteiger charge is -2.10. The van der Waals surface area contributed by atoms with Gasteiger partial charge in [-0.25, -0.2) is 9.78 Å². The molecule has 0 spiro atoms. The van der Waals surface area contributed by atoms with Crippen molar-refractivity contribution in [3.05, 3.63) is 45.4 Å². The van der Waals surface area contributed by atoms with Gasteiger partial charge in [0.1, 0.15) is 5.82 Å². The molecule has 19 heavy (non-hydrogen) atoms. The third-order valence-corrected chi connectivity index (χ3v) is 3.73. The van der Waals surface area contributed by atoms with Gasteiger partial charge in [-0.05, 0) is 47.2 Å². The van der Waals surface area contributed by atoms with Crippen molar-refractivity contribution in [2.75, 3.05) is 12.4 Å². The molecule has 0 fully saturated rings. The molecule has 0 saturated heterocycles. The lowest BCUT2D eigenvalue weighted by atomic mass is 10.2. The summed E-state index contributed by atoms with van der Waals surface area (Å²) in [6, 6.07) is 5.93. The third-order valence-electron chi connectivity index (χ3n) is 2.56. The predicted octanol–water partition coefficient (Wildman–Crippen LogP) is 2.92. The fraction of sp³-hybridized carbons (Fsp3) is 0.154. The first-order valence-corrected chi connectivity index (χ1v) is 6.62. The Morgan fingerprint density at radius 1 is 1.37 bits per heavy atom. The Morgan fingerprint density at radius 3 is 2.89 bits per heavy atom. The van der Waals surface area contributed by atoms with Crippen molar-refractivity contribution in [3.63, 3.8) is 0 Å². The van der Waals surface area contributed by atoms with Crippen LogP contribution in [-0.2, 0) is 4.74 Å². The van der Waals surface area contributed by atoms with E-state index in [1.807, 2.05) is 25.1 Å². The summed E-state index contributed by atoms with van der Waals surface area (Å²) in [6.07, 6.45) is 2.93. The van der Waals surface area contributed by atoms with Crippen LogP contribution in [0.4, 0.5) is 11.5 Å². The van der Waals surface area contributed by atoms with E-state index in [0.29, 0.717) is 5.82 Å². The van der Waals surface area contributed by atoms with Crippen LogP contribution in [-0.4, -0.2) is 23.0 Å². The Bertz CT molecular complexity index is 617. The number of rotatable bonds is 3. The average molecular weight is 369 g/mol. The van der Waals surface area contributed by atoms with Crippen molar-refractivity contribution in [1.82, 2.24) is 9.97 Å². The van der Waals surface area contributed by atoms with E-state index < -0.39 is 5.97 Å². The zero-order chi connectivity index (χ0) is 13.8. The molecule has 2 aromatic rings. The largest absolute Gasteiger partial charge is 0.464 e. The van der Waals surface area contributed by atoms with Crippen molar-refractivity contribution >= 4 is 40.1 Å². The number of aromatic nitrogens is 2. The molecule has 1 heterocycles. The molecule has 0 amide bonds. The minimum atomic E-state index is -0.504. The first-order chi connectivity index (χ1) is 9.11. The maximum atomic E-state index is 11.4. The van der Waals surface area contributed by atoms with Crippen molar-refractivity contribution in [1.29, 1.82) is 0 Å². The Balaban J connectivity index is 2.28. The van der Waals surface area contributed by atoms with Crippen LogP contribution < -0.4 is 5.32 Å². The second-order valence-electron chi connectivity index (χ2n) is 3.82. The average Bonchev–Trinajstić information content (AvgIpc) is 2.43. The number of esters is 1. The maximum absolute atomic E-state index is 11.4. The van der Waals surface area contributed by atoms with Gasteiger partial charge in [-0.15, -0.1) is 0 Å². The number of methoxy groups -OCH3 is 1. The quantitative estimate of drug-likeness (QED) is 0.666. The molecule has 5 nitrogen and oxygen atoms in total. The van der Waals surface area contributed by atoms with Crippen molar-refractivity contribution in [2.45, 2.75) is 6.92 Å². The van der Waals surface area contributed by atoms with E-state index in [1.54, 1.807) is 6.20 Å². The van der Waals surface area contributed by atoms with Gasteiger partial charge in [-0.2, -0.15) is 0 Å². The van der Waals surface area contributed by atoms with Crippen LogP contribution in [0.15, 0.2) is 30.6 Å². The predicted molar refractivity (Wildman–Crippen MR) is 80.6 cm³/mol. The summed E-state index contributed by atoms with van der Waals surface area (Å²) < 4.78 is 5.77. The standard InChI is InChI=1S/C13H12IN3O2/c1-8-9(14)4-3-5-10(8)16-12-7-15-6-11(17-12)13(18)19-2/h3-7H,1-2H3,(H,16,17). The second-order valence-corrected chi connectivity index (χ2v) is 4.98. The molecule has 0 aliphatic heterocycles. The lowest BCUT2D eigenvalue weighted by Crippen LogP contribution is -2.07. The van der Waals surface area contributed by atoms with Gasteiger partial charge in [0.25, 0.3) is 0 Å². The van der Waals surface area contributed by atoms with Crippen molar-refractivity contribution < 1.29 is 9.53 Å². The Kier molecular flexibility index (Phi) is 4.31. The van der Waals surface area contributed by atoms with Gasteiger partial charge in [0, 0.05) is 9.26 Å². The molecule has 0 aliphatic carbocycles. The molecule has 98 valence electrons. The summed E-state index contributed by atoms with van der Waals surface area (Å²) in [7, 11) is 1.31. The Morgan fingerprint density at radius 2 is 2.16 bits per heavy atom. The Hall–Kier alpha value is -1.70. The van der Waals surface area contributed by atoms with Crippen LogP contribution in [0.3, 0.4) is 0 Å². The van der Waals surface area contributed by atoms with Crippen molar-refractivity contribution in [2.24, 2.45) is 0 Å². The molecule has 1 N–H and O–H groups in total. The van der Waals surface area contributed by atoms with Crippen LogP contribution in [0.5, 0.6) is 0 Å². The second kappa shape index (κ2) is 5.96. The molecule has 0 aliphatic rings. The number of nitrogens with one attached hydrogen (secondary N) is 1. The number of nitrogens with zero attached hydrogens (tertiary/aromatic N) is 2. The SMILES string of the molecule is COC(=O)c1cncc(Nc2cccc(I)c2C)n1. The first-order valence-electron chi connectivity index (χ1n) is 5.54. The highest BCUT2D eigenvalue weighted by Crippen LogP contribution is 2.23. The van der Waals surface area contributed by atoms with Gasteiger partial charge in [0.05, 0.1) is 19.5 Å². The minimum Gasteiger partial charge on any atom is -0.464 e. The molecule has 0 unspecified atom stereocenters. The molecular formula is C13H12IN3O2. The number of anilines is 2. The number of hydrogen-bond acceptors (Lipinski definition) is 5. The molecule has 0 radical (unpaired) electrons. The van der Waals surface area contributed by atoms with Crippen LogP contribution in [0.1, 0.15) is 16.1 Å². The number of carbonyl (C=O) groups excluding carboxylic acids is 1. The van der Waals surface area contributed by atoms with Gasteiger partial charge in [-0.1, -0.05) is 6.07 Å². The summed E-state index contributed by atoms with van der Waals surface area (Å²) in [6.45, 7) is 2.02. The number of ether oxygens (including phenoxy) is 1. The maximum Gasteiger partial charge on any atom is 0.358 e. The van der Waals surface area contributed by atoms with E-state index in [-0.39, 0.29) is 5.69 Å². The van der Waals surface area contributed by atoms with E-state index in [2.05, 4.69) is 42.6 Å². The van der Waals surface area contributed by atoms with E-state index in [0.717, 1.165) is 14.8 Å². The summed E-state index contributed by atoms with van der Waals surface area (Å²) in [5.74, 6) is 0.00325. The van der Waals surface area contributed by atoms with E-state index in [9.17, 15) is 4.79 Å². The monoisotopic (exact) mass is 369 g/mol. The van der Waals surface area contributed by atoms with Gasteiger partial charge >= 0.3 is 5.97 Å². The van der Waals surface area contributed by atoms with Gasteiger partial charge in [-0.3, -0.25) is 4.98 Å². The summed E-state index contributed by atoms with van der Waals surface area (Å²) in [5, 5.41) is 3.15. The fourth-order valence-corrected chi connectivity index (χ4v) is 2.01. The van der Waals surface area contributed by atoms with E-state index in [1.165, 1.54) is 13.3 Å². The lowest BCUT2D eigenvalue weighted by molar-refractivity contribution is 0.0593. The highest BCUT2D eigenvalue weighted by atomic mass is 127. The highest BCUT2D eigenvalue weighted by molar-refractivity contribution is 14.1. The summed E-state index contributed by atoms with van der Waals surface area (Å²) in [4.78, 5) is 19.5. The molecule has 0 atom stereocenters. The topological polar surface area (TPSA) is 64.1 Å². The molecule has 1 aromatic carbocycles. The number of halogens is 1. The van der Waals surface area contributed by atoms with Gasteiger partial charge < -0.3 is 10.1 Å². The Labute approximate surface area is 124 Å². The highest BCUT2D eigenvalue weighted by Gasteiger charge is 2.09. The first kappa shape index (κ1) is 13.7. The van der Waals surface area contributed by atoms with Gasteiger partial charge in [0.15, 0.2) is 5.69 Å². The zero-order valence-corrected chi connectivity index (χ0v) is 12.6. The third kappa shape index (κ3) is 3.19. The number of hydrogen-bond donors (Lipinski definition) is 1. The van der Waals surface area contributed by atoms with E-state index >= 15 is 0 Å². The molecule has 0 saturated carbocycles. The van der Waals surface area contributed by atoms with E-state index in [4.69, 9.17) is 0 Å². The number of benzene rings is 1. The van der Waals surface area contributed by atoms with Gasteiger partial charge in [0.2, 0.25) is 0 Å². The molecule has 6 heteroatoms. The van der Waals surface area contributed by atoms with Crippen LogP contribution in [0, 0.1) is 10.5 Å².